The average Bonchev–Trinajstić information content (AvgIpc) is 2.74. The molecule has 3 aromatic rings. The summed E-state index contributed by atoms with van der Waals surface area (Å²) in [4.78, 5) is 21.9. The minimum Gasteiger partial charge on any atom is -0.338 e. The maximum atomic E-state index is 12.6. The van der Waals surface area contributed by atoms with E-state index in [-0.39, 0.29) is 5.56 Å². The van der Waals surface area contributed by atoms with Crippen LogP contribution in [-0.2, 0) is 15.6 Å². The van der Waals surface area contributed by atoms with Crippen molar-refractivity contribution >= 4 is 38.3 Å². The Hall–Kier alpha value is -3.06. The normalized spacial score (nSPS) is 15.6. The van der Waals surface area contributed by atoms with E-state index < -0.39 is 27.5 Å². The van der Waals surface area contributed by atoms with Crippen molar-refractivity contribution in [3.63, 3.8) is 0 Å². The molecule has 0 bridgehead atoms. The highest BCUT2D eigenvalue weighted by atomic mass is 32.2. The number of sulfone groups is 1. The molecule has 0 unspecified atom stereocenters. The van der Waals surface area contributed by atoms with E-state index in [4.69, 9.17) is 0 Å². The van der Waals surface area contributed by atoms with E-state index in [0.717, 1.165) is 31.7 Å². The summed E-state index contributed by atoms with van der Waals surface area (Å²) >= 11 is 0. The first kappa shape index (κ1) is 24.1. The molecule has 1 fully saturated rings. The molecule has 1 aliphatic heterocycles. The maximum Gasteiger partial charge on any atom is 0.402 e. The zero-order valence-corrected chi connectivity index (χ0v) is 19.5. The van der Waals surface area contributed by atoms with E-state index in [1.807, 2.05) is 0 Å². The molecule has 0 radical (unpaired) electrons. The lowest BCUT2D eigenvalue weighted by atomic mass is 10.1. The molecule has 34 heavy (non-hydrogen) atoms. The largest absolute Gasteiger partial charge is 0.402 e. The molecule has 0 spiro atoms. The summed E-state index contributed by atoms with van der Waals surface area (Å²) in [6.07, 6.45) is -1.81. The SMILES string of the molecule is Cc1ccc(CS(=O)(=O)CC(F)(F)F)cc1Nc1ncnc2cnc(N3CCN(C)CC3)nc12. The van der Waals surface area contributed by atoms with Crippen LogP contribution in [-0.4, -0.2) is 78.4 Å². The summed E-state index contributed by atoms with van der Waals surface area (Å²) < 4.78 is 61.7. The van der Waals surface area contributed by atoms with Crippen molar-refractivity contribution in [1.82, 2.24) is 24.8 Å². The number of aryl methyl sites for hydroxylation is 1. The molecule has 13 heteroatoms. The molecule has 1 N–H and O–H groups in total. The highest BCUT2D eigenvalue weighted by molar-refractivity contribution is 7.90. The number of likely N-dealkylation sites (N-methyl/N-ethyl adjacent to an activating group) is 1. The Morgan fingerprint density at radius 2 is 1.82 bits per heavy atom. The minimum atomic E-state index is -4.79. The van der Waals surface area contributed by atoms with E-state index in [9.17, 15) is 21.6 Å². The monoisotopic (exact) mass is 495 g/mol. The van der Waals surface area contributed by atoms with Gasteiger partial charge in [0.25, 0.3) is 0 Å². The number of hydrogen-bond acceptors (Lipinski definition) is 9. The third-order valence-corrected chi connectivity index (χ3v) is 7.02. The lowest BCUT2D eigenvalue weighted by Crippen LogP contribution is -2.45. The fraction of sp³-hybridized carbons (Fsp3) is 0.429. The standard InChI is InChI=1S/C21H24F3N7O2S/c1-14-3-4-15(11-34(32,33)12-21(22,23)24)9-16(14)28-19-18-17(26-13-27-19)10-25-20(29-18)31-7-5-30(2)6-8-31/h3-4,9-10,13H,5-8,11-12H2,1-2H3,(H,26,27,28). The van der Waals surface area contributed by atoms with Gasteiger partial charge in [0, 0.05) is 31.9 Å². The lowest BCUT2D eigenvalue weighted by Gasteiger charge is -2.32. The molecule has 9 nitrogen and oxygen atoms in total. The number of nitrogens with zero attached hydrogens (tertiary/aromatic N) is 6. The molecule has 0 atom stereocenters. The summed E-state index contributed by atoms with van der Waals surface area (Å²) in [5, 5.41) is 3.14. The number of anilines is 3. The number of alkyl halides is 3. The zero-order valence-electron chi connectivity index (χ0n) is 18.7. The molecule has 0 saturated carbocycles. The van der Waals surface area contributed by atoms with Gasteiger partial charge in [-0.15, -0.1) is 0 Å². The smallest absolute Gasteiger partial charge is 0.338 e. The molecular weight excluding hydrogens is 471 g/mol. The van der Waals surface area contributed by atoms with E-state index in [1.165, 1.54) is 18.5 Å². The Labute approximate surface area is 195 Å². The van der Waals surface area contributed by atoms with Crippen LogP contribution in [0.25, 0.3) is 11.0 Å². The quantitative estimate of drug-likeness (QED) is 0.553. The van der Waals surface area contributed by atoms with Gasteiger partial charge in [-0.2, -0.15) is 13.2 Å². The van der Waals surface area contributed by atoms with Gasteiger partial charge in [-0.1, -0.05) is 12.1 Å². The van der Waals surface area contributed by atoms with Crippen LogP contribution in [0.2, 0.25) is 0 Å². The highest BCUT2D eigenvalue weighted by Gasteiger charge is 2.35. The molecule has 0 amide bonds. The Morgan fingerprint density at radius 3 is 2.53 bits per heavy atom. The molecule has 4 rings (SSSR count). The zero-order chi connectivity index (χ0) is 24.5. The van der Waals surface area contributed by atoms with Crippen molar-refractivity contribution in [1.29, 1.82) is 0 Å². The highest BCUT2D eigenvalue weighted by Crippen LogP contribution is 2.27. The van der Waals surface area contributed by atoms with E-state index in [0.29, 0.717) is 28.5 Å². The van der Waals surface area contributed by atoms with Crippen molar-refractivity contribution in [2.45, 2.75) is 18.9 Å². The summed E-state index contributed by atoms with van der Waals surface area (Å²) in [5.41, 5.74) is 2.53. The molecule has 3 heterocycles. The number of hydrogen-bond donors (Lipinski definition) is 1. The average molecular weight is 496 g/mol. The van der Waals surface area contributed by atoms with Crippen LogP contribution in [0, 0.1) is 6.92 Å². The van der Waals surface area contributed by atoms with Crippen LogP contribution >= 0.6 is 0 Å². The summed E-state index contributed by atoms with van der Waals surface area (Å²) in [5.74, 6) is -1.63. The van der Waals surface area contributed by atoms with Crippen molar-refractivity contribution < 1.29 is 21.6 Å². The molecule has 1 aromatic carbocycles. The third kappa shape index (κ3) is 5.89. The number of aromatic nitrogens is 4. The van der Waals surface area contributed by atoms with Crippen LogP contribution in [0.15, 0.2) is 30.7 Å². The van der Waals surface area contributed by atoms with Crippen molar-refractivity contribution in [3.05, 3.63) is 41.9 Å². The predicted octanol–water partition coefficient (Wildman–Crippen LogP) is 2.70. The van der Waals surface area contributed by atoms with Gasteiger partial charge >= 0.3 is 6.18 Å². The lowest BCUT2D eigenvalue weighted by molar-refractivity contribution is -0.106. The van der Waals surface area contributed by atoms with E-state index in [1.54, 1.807) is 19.2 Å². The van der Waals surface area contributed by atoms with Crippen molar-refractivity contribution in [2.75, 3.05) is 49.2 Å². The first-order chi connectivity index (χ1) is 16.0. The van der Waals surface area contributed by atoms with Gasteiger partial charge in [0.1, 0.15) is 23.1 Å². The first-order valence-electron chi connectivity index (χ1n) is 10.5. The van der Waals surface area contributed by atoms with Gasteiger partial charge in [0.05, 0.1) is 11.9 Å². The number of rotatable bonds is 6. The van der Waals surface area contributed by atoms with Crippen molar-refractivity contribution in [2.24, 2.45) is 0 Å². The van der Waals surface area contributed by atoms with E-state index >= 15 is 0 Å². The van der Waals surface area contributed by atoms with Crippen LogP contribution in [0.5, 0.6) is 0 Å². The molecule has 182 valence electrons. The van der Waals surface area contributed by atoms with Gasteiger partial charge in [0.2, 0.25) is 5.95 Å². The Balaban J connectivity index is 1.62. The molecule has 1 saturated heterocycles. The fourth-order valence-corrected chi connectivity index (χ4v) is 4.96. The molecule has 1 aliphatic rings. The van der Waals surface area contributed by atoms with Gasteiger partial charge in [-0.3, -0.25) is 0 Å². The van der Waals surface area contributed by atoms with Crippen LogP contribution < -0.4 is 10.2 Å². The molecular formula is C21H24F3N7O2S. The summed E-state index contributed by atoms with van der Waals surface area (Å²) in [6.45, 7) is 5.14. The third-order valence-electron chi connectivity index (χ3n) is 5.48. The second-order valence-electron chi connectivity index (χ2n) is 8.34. The summed E-state index contributed by atoms with van der Waals surface area (Å²) in [7, 11) is -2.30. The van der Waals surface area contributed by atoms with Gasteiger partial charge in [-0.25, -0.2) is 28.4 Å². The minimum absolute atomic E-state index is 0.239. The van der Waals surface area contributed by atoms with E-state index in [2.05, 4.69) is 42.1 Å². The Morgan fingerprint density at radius 1 is 1.09 bits per heavy atom. The second-order valence-corrected chi connectivity index (χ2v) is 10.4. The number of fused-ring (bicyclic) bond motifs is 1. The predicted molar refractivity (Wildman–Crippen MR) is 123 cm³/mol. The van der Waals surface area contributed by atoms with Gasteiger partial charge < -0.3 is 15.1 Å². The topological polar surface area (TPSA) is 104 Å². The number of nitrogens with one attached hydrogen (secondary N) is 1. The fourth-order valence-electron chi connectivity index (χ4n) is 3.67. The molecule has 0 aliphatic carbocycles. The van der Waals surface area contributed by atoms with Gasteiger partial charge in [-0.05, 0) is 31.2 Å². The maximum absolute atomic E-state index is 12.6. The number of halogens is 3. The first-order valence-corrected chi connectivity index (χ1v) is 12.4. The number of piperazine rings is 1. The summed E-state index contributed by atoms with van der Waals surface area (Å²) in [6, 6.07) is 4.66. The number of benzene rings is 1. The van der Waals surface area contributed by atoms with Crippen LogP contribution in [0.4, 0.5) is 30.6 Å². The second kappa shape index (κ2) is 9.29. The van der Waals surface area contributed by atoms with Crippen molar-refractivity contribution in [3.8, 4) is 0 Å². The van der Waals surface area contributed by atoms with Gasteiger partial charge in [0.15, 0.2) is 15.7 Å². The molecule has 2 aromatic heterocycles. The Kier molecular flexibility index (Phi) is 6.58. The van der Waals surface area contributed by atoms with Crippen LogP contribution in [0.3, 0.4) is 0 Å². The van der Waals surface area contributed by atoms with Crippen LogP contribution in [0.1, 0.15) is 11.1 Å². The Bertz CT molecular complexity index is 1290.